The second kappa shape index (κ2) is 13.7. The lowest BCUT2D eigenvalue weighted by atomic mass is 9.75. The summed E-state index contributed by atoms with van der Waals surface area (Å²) in [5, 5.41) is 34.7. The van der Waals surface area contributed by atoms with Gasteiger partial charge in [0.05, 0.1) is 23.4 Å². The van der Waals surface area contributed by atoms with Crippen LogP contribution in [0.3, 0.4) is 0 Å². The summed E-state index contributed by atoms with van der Waals surface area (Å²) in [4.78, 5) is 14.9. The van der Waals surface area contributed by atoms with E-state index < -0.39 is 49.1 Å². The number of carboxylic acid groups (broad SMARTS) is 1. The molecule has 4 aromatic rings. The number of carbonyl (C=O) groups is 1. The van der Waals surface area contributed by atoms with Crippen LogP contribution in [0.15, 0.2) is 105 Å². The van der Waals surface area contributed by atoms with Gasteiger partial charge in [-0.3, -0.25) is 13.9 Å². The number of aliphatic carboxylic acids is 1. The molecule has 56 heavy (non-hydrogen) atoms. The smallest absolute Gasteiger partial charge is 0.303 e. The first kappa shape index (κ1) is 39.5. The van der Waals surface area contributed by atoms with Crippen LogP contribution in [-0.4, -0.2) is 66.4 Å². The molecule has 14 heteroatoms. The van der Waals surface area contributed by atoms with Crippen LogP contribution in [0, 0.1) is 5.92 Å². The van der Waals surface area contributed by atoms with Crippen LogP contribution in [0.4, 0.5) is 11.4 Å². The number of benzene rings is 4. The van der Waals surface area contributed by atoms with Gasteiger partial charge in [0, 0.05) is 68.9 Å². The Balaban J connectivity index is 1.33. The molecule has 0 saturated heterocycles. The highest BCUT2D eigenvalue weighted by Gasteiger charge is 2.47. The number of carboxylic acids is 1. The maximum absolute atomic E-state index is 12.7. The molecule has 0 aromatic heterocycles. The SMILES string of the molecule is CCN1C(=CC2=C(O)C(C=C3N(CCCCCC(=O)O)c4c(cc(S(=O)(=O)O)c5ccccc45)C3(C)C)C2O)C(C)(C)c2cc(S(=O)(=O)O)c3ccccc3c21. The number of allylic oxidation sites excluding steroid dienone is 2. The molecule has 0 spiro atoms. The fourth-order valence-electron chi connectivity index (χ4n) is 8.88. The van der Waals surface area contributed by atoms with E-state index in [1.54, 1.807) is 54.6 Å². The van der Waals surface area contributed by atoms with Gasteiger partial charge in [-0.25, -0.2) is 0 Å². The molecular weight excluding hydrogens is 757 g/mol. The molecule has 0 saturated carbocycles. The van der Waals surface area contributed by atoms with E-state index in [9.17, 15) is 46.1 Å². The number of nitrogens with zero attached hydrogens (tertiary/aromatic N) is 2. The molecule has 3 aliphatic rings. The number of aliphatic hydroxyl groups is 2. The summed E-state index contributed by atoms with van der Waals surface area (Å²) in [6.45, 7) is 10.6. The third-order valence-corrected chi connectivity index (χ3v) is 13.5. The van der Waals surface area contributed by atoms with Crippen LogP contribution < -0.4 is 9.80 Å². The Hall–Kier alpha value is -4.73. The van der Waals surface area contributed by atoms with Crippen LogP contribution >= 0.6 is 0 Å². The largest absolute Gasteiger partial charge is 0.511 e. The second-order valence-electron chi connectivity index (χ2n) is 15.8. The highest BCUT2D eigenvalue weighted by molar-refractivity contribution is 7.86. The van der Waals surface area contributed by atoms with Crippen molar-refractivity contribution >= 4 is 59.1 Å². The number of fused-ring (bicyclic) bond motifs is 6. The molecule has 1 aliphatic carbocycles. The Morgan fingerprint density at radius 2 is 1.23 bits per heavy atom. The Bertz CT molecular complexity index is 2640. The summed E-state index contributed by atoms with van der Waals surface area (Å²) >= 11 is 0. The molecule has 0 amide bonds. The van der Waals surface area contributed by atoms with Crippen LogP contribution in [0.5, 0.6) is 0 Å². The Morgan fingerprint density at radius 1 is 0.750 bits per heavy atom. The Morgan fingerprint density at radius 3 is 1.70 bits per heavy atom. The van der Waals surface area contributed by atoms with E-state index in [1.807, 2.05) is 45.6 Å². The summed E-state index contributed by atoms with van der Waals surface area (Å²) in [5.41, 5.74) is 2.90. The zero-order chi connectivity index (χ0) is 40.7. The predicted octanol–water partition coefficient (Wildman–Crippen LogP) is 7.62. The quantitative estimate of drug-likeness (QED) is 0.0737. The fourth-order valence-corrected chi connectivity index (χ4v) is 10.3. The van der Waals surface area contributed by atoms with E-state index in [0.29, 0.717) is 76.3 Å². The molecule has 5 N–H and O–H groups in total. The van der Waals surface area contributed by atoms with Crippen molar-refractivity contribution in [3.8, 4) is 0 Å². The number of anilines is 2. The first-order valence-corrected chi connectivity index (χ1v) is 21.5. The van der Waals surface area contributed by atoms with Crippen molar-refractivity contribution in [3.05, 3.63) is 107 Å². The van der Waals surface area contributed by atoms with Crippen molar-refractivity contribution in [3.63, 3.8) is 0 Å². The molecule has 4 aromatic carbocycles. The molecule has 0 radical (unpaired) electrons. The minimum atomic E-state index is -4.61. The lowest BCUT2D eigenvalue weighted by Gasteiger charge is -2.37. The van der Waals surface area contributed by atoms with Gasteiger partial charge in [-0.15, -0.1) is 0 Å². The van der Waals surface area contributed by atoms with Crippen molar-refractivity contribution in [1.29, 1.82) is 0 Å². The molecule has 2 aliphatic heterocycles. The van der Waals surface area contributed by atoms with Crippen LogP contribution in [0.25, 0.3) is 21.5 Å². The van der Waals surface area contributed by atoms with Crippen molar-refractivity contribution in [2.45, 2.75) is 87.0 Å². The zero-order valence-electron chi connectivity index (χ0n) is 31.8. The van der Waals surface area contributed by atoms with Gasteiger partial charge < -0.3 is 25.1 Å². The van der Waals surface area contributed by atoms with E-state index in [-0.39, 0.29) is 22.0 Å². The molecule has 296 valence electrons. The maximum Gasteiger partial charge on any atom is 0.303 e. The minimum Gasteiger partial charge on any atom is -0.511 e. The number of hydrogen-bond donors (Lipinski definition) is 5. The third-order valence-electron chi connectivity index (χ3n) is 11.7. The molecular formula is C42H46N2O10S2. The molecule has 2 atom stereocenters. The summed E-state index contributed by atoms with van der Waals surface area (Å²) in [7, 11) is -9.18. The highest BCUT2D eigenvalue weighted by Crippen LogP contribution is 2.55. The average molecular weight is 803 g/mol. The van der Waals surface area contributed by atoms with E-state index in [2.05, 4.69) is 4.90 Å². The lowest BCUT2D eigenvalue weighted by Crippen LogP contribution is -2.38. The lowest BCUT2D eigenvalue weighted by molar-refractivity contribution is -0.137. The fraction of sp³-hybridized carbons (Fsp3) is 0.357. The summed E-state index contributed by atoms with van der Waals surface area (Å²) in [5.74, 6) is -1.77. The topological polar surface area (TPSA) is 193 Å². The molecule has 0 fully saturated rings. The standard InChI is InChI=1S/C42H46N2O10S2/c1-6-43-34(41(2,3)30-22-32(55(49,50)51)24-14-9-11-16-26(24)37(30)43)20-28-39(47)29(40(28)48)21-35-42(4,5)31-23-33(56(52,53)54)25-15-10-12-17-27(25)38(31)44(35)19-13-7-8-18-36(45)46/h9-12,14-17,20-23,29,39,47-48H,6-8,13,18-19H2,1-5H3,(H,45,46)(H,49,50,51)(H,52,53,54). The van der Waals surface area contributed by atoms with E-state index in [0.717, 1.165) is 17.1 Å². The molecule has 2 unspecified atom stereocenters. The van der Waals surface area contributed by atoms with Gasteiger partial charge in [-0.1, -0.05) is 88.7 Å². The second-order valence-corrected chi connectivity index (χ2v) is 18.6. The summed E-state index contributed by atoms with van der Waals surface area (Å²) in [6, 6.07) is 16.9. The van der Waals surface area contributed by atoms with Crippen LogP contribution in [0.2, 0.25) is 0 Å². The van der Waals surface area contributed by atoms with Crippen LogP contribution in [-0.2, 0) is 35.9 Å². The van der Waals surface area contributed by atoms with Gasteiger partial charge in [0.15, 0.2) is 0 Å². The first-order chi connectivity index (χ1) is 26.2. The summed E-state index contributed by atoms with van der Waals surface area (Å²) in [6.07, 6.45) is 4.16. The van der Waals surface area contributed by atoms with Gasteiger partial charge in [0.1, 0.15) is 15.6 Å². The maximum atomic E-state index is 12.7. The highest BCUT2D eigenvalue weighted by atomic mass is 32.2. The van der Waals surface area contributed by atoms with Crippen molar-refractivity contribution in [2.24, 2.45) is 5.92 Å². The normalized spacial score (nSPS) is 21.6. The van der Waals surface area contributed by atoms with Crippen molar-refractivity contribution in [1.82, 2.24) is 0 Å². The van der Waals surface area contributed by atoms with Crippen molar-refractivity contribution in [2.75, 3.05) is 22.9 Å². The molecule has 0 bridgehead atoms. The van der Waals surface area contributed by atoms with Crippen LogP contribution in [0.1, 0.15) is 71.4 Å². The third kappa shape index (κ3) is 6.27. The summed E-state index contributed by atoms with van der Waals surface area (Å²) < 4.78 is 70.9. The molecule has 7 rings (SSSR count). The average Bonchev–Trinajstić information content (AvgIpc) is 3.48. The Labute approximate surface area is 326 Å². The van der Waals surface area contributed by atoms with E-state index in [4.69, 9.17) is 0 Å². The zero-order valence-corrected chi connectivity index (χ0v) is 33.4. The number of rotatable bonds is 11. The van der Waals surface area contributed by atoms with Crippen molar-refractivity contribution < 1.29 is 46.1 Å². The minimum absolute atomic E-state index is 0.0336. The van der Waals surface area contributed by atoms with E-state index >= 15 is 0 Å². The van der Waals surface area contributed by atoms with Gasteiger partial charge in [-0.05, 0) is 49.1 Å². The number of hydrogen-bond acceptors (Lipinski definition) is 9. The van der Waals surface area contributed by atoms with E-state index in [1.165, 1.54) is 12.1 Å². The van der Waals surface area contributed by atoms with Gasteiger partial charge in [0.25, 0.3) is 20.2 Å². The van der Waals surface area contributed by atoms with Gasteiger partial charge >= 0.3 is 5.97 Å². The monoisotopic (exact) mass is 802 g/mol. The predicted molar refractivity (Wildman–Crippen MR) is 215 cm³/mol. The molecule has 2 heterocycles. The number of aliphatic hydroxyl groups excluding tert-OH is 2. The number of unbranched alkanes of at least 4 members (excludes halogenated alkanes) is 2. The van der Waals surface area contributed by atoms with Gasteiger partial charge in [0.2, 0.25) is 0 Å². The Kier molecular flexibility index (Phi) is 9.69. The van der Waals surface area contributed by atoms with Gasteiger partial charge in [-0.2, -0.15) is 16.8 Å². The first-order valence-electron chi connectivity index (χ1n) is 18.6. The number of likely N-dealkylation sites (N-methyl/N-ethyl adjacent to an activating group) is 1. The molecule has 12 nitrogen and oxygen atoms in total.